The van der Waals surface area contributed by atoms with Crippen molar-refractivity contribution in [2.75, 3.05) is 23.6 Å². The number of thiazole rings is 1. The van der Waals surface area contributed by atoms with Crippen LogP contribution in [0, 0.1) is 5.92 Å². The summed E-state index contributed by atoms with van der Waals surface area (Å²) in [7, 11) is 0. The van der Waals surface area contributed by atoms with Gasteiger partial charge in [0.2, 0.25) is 18.6 Å². The van der Waals surface area contributed by atoms with Crippen LogP contribution in [0.15, 0.2) is 48.7 Å². The number of halogens is 1. The molecule has 5 rings (SSSR count). The maximum absolute atomic E-state index is 12.8. The van der Waals surface area contributed by atoms with E-state index in [0.717, 1.165) is 10.4 Å². The summed E-state index contributed by atoms with van der Waals surface area (Å²) in [6, 6.07) is 13.0. The predicted molar refractivity (Wildman–Crippen MR) is 118 cm³/mol. The first kappa shape index (κ1) is 19.8. The lowest BCUT2D eigenvalue weighted by atomic mass is 10.1. The molecule has 2 aromatic carbocycles. The van der Waals surface area contributed by atoms with E-state index in [9.17, 15) is 9.59 Å². The number of carbonyl (C=O) groups excluding carboxylic acids is 2. The molecule has 0 radical (unpaired) electrons. The van der Waals surface area contributed by atoms with Crippen LogP contribution >= 0.6 is 22.9 Å². The van der Waals surface area contributed by atoms with E-state index < -0.39 is 5.92 Å². The lowest BCUT2D eigenvalue weighted by Gasteiger charge is -2.17. The fraction of sp³-hybridized carbons (Fsp3) is 0.227. The number of ether oxygens (including phenoxy) is 2. The molecule has 1 unspecified atom stereocenters. The number of hydrogen-bond donors (Lipinski definition) is 1. The van der Waals surface area contributed by atoms with Crippen molar-refractivity contribution in [3.8, 4) is 11.5 Å². The average molecular weight is 456 g/mol. The number of benzene rings is 2. The molecule has 3 heterocycles. The summed E-state index contributed by atoms with van der Waals surface area (Å²) in [6.45, 7) is 0.482. The number of hydrogen-bond acceptors (Lipinski definition) is 6. The molecule has 2 aliphatic heterocycles. The zero-order valence-corrected chi connectivity index (χ0v) is 17.9. The van der Waals surface area contributed by atoms with Crippen molar-refractivity contribution in [2.45, 2.75) is 12.8 Å². The molecule has 0 bridgehead atoms. The maximum Gasteiger partial charge on any atom is 0.231 e. The van der Waals surface area contributed by atoms with Crippen LogP contribution in [0.3, 0.4) is 0 Å². The highest BCUT2D eigenvalue weighted by molar-refractivity contribution is 7.15. The Morgan fingerprint density at radius 3 is 2.97 bits per heavy atom. The zero-order chi connectivity index (χ0) is 21.4. The second kappa shape index (κ2) is 8.20. The van der Waals surface area contributed by atoms with Gasteiger partial charge in [-0.2, -0.15) is 0 Å². The normalized spacial score (nSPS) is 17.3. The van der Waals surface area contributed by atoms with Crippen molar-refractivity contribution in [1.82, 2.24) is 4.98 Å². The molecule has 1 fully saturated rings. The van der Waals surface area contributed by atoms with Crippen LogP contribution in [-0.2, 0) is 16.0 Å². The molecule has 0 aliphatic carbocycles. The third-order valence-corrected chi connectivity index (χ3v) is 6.36. The molecule has 0 spiro atoms. The summed E-state index contributed by atoms with van der Waals surface area (Å²) in [5.74, 6) is 0.508. The third-order valence-electron chi connectivity index (χ3n) is 5.21. The van der Waals surface area contributed by atoms with Gasteiger partial charge in [0.1, 0.15) is 0 Å². The Morgan fingerprint density at radius 1 is 1.23 bits per heavy atom. The summed E-state index contributed by atoms with van der Waals surface area (Å²) >= 11 is 7.46. The minimum Gasteiger partial charge on any atom is -0.454 e. The van der Waals surface area contributed by atoms with Crippen molar-refractivity contribution < 1.29 is 19.1 Å². The zero-order valence-electron chi connectivity index (χ0n) is 16.3. The third kappa shape index (κ3) is 4.22. The highest BCUT2D eigenvalue weighted by Gasteiger charge is 2.36. The van der Waals surface area contributed by atoms with Gasteiger partial charge in [-0.1, -0.05) is 23.7 Å². The number of carbonyl (C=O) groups is 2. The summed E-state index contributed by atoms with van der Waals surface area (Å²) in [5.41, 5.74) is 1.78. The highest BCUT2D eigenvalue weighted by atomic mass is 35.5. The fourth-order valence-corrected chi connectivity index (χ4v) is 4.75. The second-order valence-corrected chi connectivity index (χ2v) is 8.92. The number of rotatable bonds is 5. The van der Waals surface area contributed by atoms with E-state index in [4.69, 9.17) is 21.1 Å². The Balaban J connectivity index is 1.22. The number of nitrogens with one attached hydrogen (secondary N) is 1. The maximum atomic E-state index is 12.8. The number of amides is 2. The molecule has 31 heavy (non-hydrogen) atoms. The van der Waals surface area contributed by atoms with Crippen molar-refractivity contribution >= 4 is 45.6 Å². The molecular weight excluding hydrogens is 438 g/mol. The summed E-state index contributed by atoms with van der Waals surface area (Å²) in [6.07, 6.45) is 2.59. The smallest absolute Gasteiger partial charge is 0.231 e. The topological polar surface area (TPSA) is 80.8 Å². The van der Waals surface area contributed by atoms with Gasteiger partial charge in [-0.15, -0.1) is 11.3 Å². The van der Waals surface area contributed by atoms with Crippen LogP contribution < -0.4 is 19.7 Å². The molecular formula is C22H18ClN3O4S. The van der Waals surface area contributed by atoms with E-state index in [1.165, 1.54) is 11.3 Å². The van der Waals surface area contributed by atoms with Gasteiger partial charge in [0, 0.05) is 47.2 Å². The largest absolute Gasteiger partial charge is 0.454 e. The van der Waals surface area contributed by atoms with Gasteiger partial charge in [0.15, 0.2) is 16.6 Å². The molecule has 1 aromatic heterocycles. The SMILES string of the molecule is O=C(Nc1ncc(Cc2cccc(Cl)c2)s1)C1CC(=O)N(c2ccc3c(c2)OCO3)C1. The molecule has 0 saturated carbocycles. The van der Waals surface area contributed by atoms with Crippen LogP contribution in [0.25, 0.3) is 0 Å². The monoisotopic (exact) mass is 455 g/mol. The van der Waals surface area contributed by atoms with Gasteiger partial charge >= 0.3 is 0 Å². The van der Waals surface area contributed by atoms with Gasteiger partial charge in [0.05, 0.1) is 5.92 Å². The van der Waals surface area contributed by atoms with E-state index in [2.05, 4.69) is 10.3 Å². The quantitative estimate of drug-likeness (QED) is 0.626. The predicted octanol–water partition coefficient (Wildman–Crippen LogP) is 4.11. The summed E-state index contributed by atoms with van der Waals surface area (Å²) < 4.78 is 10.7. The molecule has 2 amide bonds. The fourth-order valence-electron chi connectivity index (χ4n) is 3.69. The van der Waals surface area contributed by atoms with E-state index in [1.807, 2.05) is 24.3 Å². The van der Waals surface area contributed by atoms with Gasteiger partial charge in [0.25, 0.3) is 0 Å². The van der Waals surface area contributed by atoms with E-state index in [1.54, 1.807) is 29.3 Å². The number of fused-ring (bicyclic) bond motifs is 1. The molecule has 158 valence electrons. The molecule has 2 aliphatic rings. The Bertz CT molecular complexity index is 1170. The average Bonchev–Trinajstić information content (AvgIpc) is 3.47. The van der Waals surface area contributed by atoms with Gasteiger partial charge < -0.3 is 19.7 Å². The van der Waals surface area contributed by atoms with Gasteiger partial charge in [-0.05, 0) is 29.8 Å². The Morgan fingerprint density at radius 2 is 2.10 bits per heavy atom. The first-order valence-corrected chi connectivity index (χ1v) is 10.9. The van der Waals surface area contributed by atoms with Gasteiger partial charge in [-0.25, -0.2) is 4.98 Å². The van der Waals surface area contributed by atoms with Crippen LogP contribution in [0.5, 0.6) is 11.5 Å². The molecule has 1 N–H and O–H groups in total. The van der Waals surface area contributed by atoms with Crippen LogP contribution in [0.1, 0.15) is 16.9 Å². The van der Waals surface area contributed by atoms with E-state index >= 15 is 0 Å². The standard InChI is InChI=1S/C22H18ClN3O4S/c23-15-3-1-2-13(6-15)7-17-10-24-22(31-17)25-21(28)14-8-20(27)26(11-14)16-4-5-18-19(9-16)30-12-29-18/h1-6,9-10,14H,7-8,11-12H2,(H,24,25,28). The molecule has 3 aromatic rings. The Hall–Kier alpha value is -3.10. The Kier molecular flexibility index (Phi) is 5.25. The van der Waals surface area contributed by atoms with Crippen LogP contribution in [0.4, 0.5) is 10.8 Å². The minimum absolute atomic E-state index is 0.0974. The number of anilines is 2. The first-order valence-electron chi connectivity index (χ1n) is 9.75. The molecule has 7 nitrogen and oxygen atoms in total. The lowest BCUT2D eigenvalue weighted by molar-refractivity contribution is -0.122. The first-order chi connectivity index (χ1) is 15.0. The number of aromatic nitrogens is 1. The van der Waals surface area contributed by atoms with Crippen molar-refractivity contribution in [1.29, 1.82) is 0 Å². The van der Waals surface area contributed by atoms with E-state index in [0.29, 0.717) is 40.3 Å². The van der Waals surface area contributed by atoms with Gasteiger partial charge in [-0.3, -0.25) is 9.59 Å². The Labute approximate surface area is 187 Å². The minimum atomic E-state index is -0.446. The summed E-state index contributed by atoms with van der Waals surface area (Å²) in [5, 5.41) is 4.07. The second-order valence-electron chi connectivity index (χ2n) is 7.37. The summed E-state index contributed by atoms with van der Waals surface area (Å²) in [4.78, 5) is 32.2. The van der Waals surface area contributed by atoms with Crippen molar-refractivity contribution in [3.63, 3.8) is 0 Å². The lowest BCUT2D eigenvalue weighted by Crippen LogP contribution is -2.28. The molecule has 9 heteroatoms. The number of nitrogens with zero attached hydrogens (tertiary/aromatic N) is 2. The van der Waals surface area contributed by atoms with E-state index in [-0.39, 0.29) is 25.0 Å². The highest BCUT2D eigenvalue weighted by Crippen LogP contribution is 2.37. The van der Waals surface area contributed by atoms with Crippen LogP contribution in [-0.4, -0.2) is 30.1 Å². The van der Waals surface area contributed by atoms with Crippen molar-refractivity contribution in [2.24, 2.45) is 5.92 Å². The van der Waals surface area contributed by atoms with Crippen LogP contribution in [0.2, 0.25) is 5.02 Å². The van der Waals surface area contributed by atoms with Crippen molar-refractivity contribution in [3.05, 3.63) is 64.1 Å². The molecule has 1 saturated heterocycles. The molecule has 1 atom stereocenters.